The lowest BCUT2D eigenvalue weighted by Gasteiger charge is -2.21. The Balaban J connectivity index is 2.38. The summed E-state index contributed by atoms with van der Waals surface area (Å²) in [5.41, 5.74) is 0. The van der Waals surface area contributed by atoms with E-state index in [0.717, 1.165) is 29.5 Å². The molecule has 61 heavy (non-hydrogen) atoms. The number of hydrogen-bond donors (Lipinski definition) is 1. The fourth-order valence-corrected chi connectivity index (χ4v) is 11.2. The van der Waals surface area contributed by atoms with Gasteiger partial charge in [-0.1, -0.05) is 291 Å². The van der Waals surface area contributed by atoms with E-state index >= 15 is 0 Å². The van der Waals surface area contributed by atoms with Gasteiger partial charge in [-0.3, -0.25) is 4.98 Å². The molecule has 1 rings (SSSR count). The molecule has 0 aliphatic heterocycles. The van der Waals surface area contributed by atoms with Crippen LogP contribution in [0, 0.1) is 17.8 Å². The van der Waals surface area contributed by atoms with E-state index in [-0.39, 0.29) is 0 Å². The lowest BCUT2D eigenvalue weighted by molar-refractivity contribution is -0.695. The zero-order valence-corrected chi connectivity index (χ0v) is 43.7. The van der Waals surface area contributed by atoms with Gasteiger partial charge in [-0.15, -0.1) is 0 Å². The molecule has 0 radical (unpaired) electrons. The Morgan fingerprint density at radius 2 is 0.787 bits per heavy atom. The first-order valence-electron chi connectivity index (χ1n) is 28.7. The molecule has 0 aliphatic rings. The van der Waals surface area contributed by atoms with Gasteiger partial charge in [0, 0.05) is 5.25 Å². The summed E-state index contributed by atoms with van der Waals surface area (Å²) in [6.07, 6.45) is 70.8. The van der Waals surface area contributed by atoms with Gasteiger partial charge in [0.15, 0.2) is 0 Å². The van der Waals surface area contributed by atoms with E-state index < -0.39 is 0 Å². The Morgan fingerprint density at radius 1 is 0.393 bits per heavy atom. The van der Waals surface area contributed by atoms with Crippen LogP contribution < -0.4 is 4.57 Å². The lowest BCUT2D eigenvalue weighted by atomic mass is 9.89. The van der Waals surface area contributed by atoms with Crippen molar-refractivity contribution in [3.8, 4) is 0 Å². The number of H-pyrrole nitrogens is 1. The maximum atomic E-state index is 3.21. The number of nitrogens with one attached hydrogen (secondary N) is 1. The predicted molar refractivity (Wildman–Crippen MR) is 279 cm³/mol. The molecule has 362 valence electrons. The third-order valence-electron chi connectivity index (χ3n) is 14.3. The van der Waals surface area contributed by atoms with Crippen LogP contribution in [0.2, 0.25) is 0 Å². The molecule has 2 unspecified atom stereocenters. The van der Waals surface area contributed by atoms with Crippen LogP contribution in [0.5, 0.6) is 0 Å². The van der Waals surface area contributed by atoms with E-state index in [0.29, 0.717) is 0 Å². The summed E-state index contributed by atoms with van der Waals surface area (Å²) < 4.78 is 2.31. The Morgan fingerprint density at radius 3 is 1.18 bits per heavy atom. The zero-order valence-electron chi connectivity index (χ0n) is 42.9. The SMILES string of the molecule is CCCCCCCCCCCCCCCCCCC(CCCCCCCCCCCCCCCCCC)CCCCC(CCC(C)CCCC(C)C)SCCC[n+]1cc[nH]c1. The van der Waals surface area contributed by atoms with Gasteiger partial charge in [0.1, 0.15) is 12.4 Å². The van der Waals surface area contributed by atoms with Gasteiger partial charge in [-0.2, -0.15) is 11.8 Å². The number of thioether (sulfide) groups is 1. The summed E-state index contributed by atoms with van der Waals surface area (Å²) in [6.45, 7) is 13.1. The summed E-state index contributed by atoms with van der Waals surface area (Å²) in [4.78, 5) is 3.21. The number of rotatable bonds is 51. The van der Waals surface area contributed by atoms with Crippen molar-refractivity contribution < 1.29 is 4.57 Å². The Labute approximate surface area is 390 Å². The van der Waals surface area contributed by atoms with Crippen molar-refractivity contribution >= 4 is 11.8 Å². The molecule has 3 heteroatoms. The minimum Gasteiger partial charge on any atom is -0.250 e. The summed E-state index contributed by atoms with van der Waals surface area (Å²) in [6, 6.07) is 0. The van der Waals surface area contributed by atoms with Crippen molar-refractivity contribution in [1.82, 2.24) is 4.98 Å². The van der Waals surface area contributed by atoms with Gasteiger partial charge < -0.3 is 0 Å². The van der Waals surface area contributed by atoms with Gasteiger partial charge in [-0.05, 0) is 49.2 Å². The monoisotopic (exact) mass is 872 g/mol. The van der Waals surface area contributed by atoms with Gasteiger partial charge in [-0.25, -0.2) is 4.57 Å². The molecule has 0 aliphatic carbocycles. The highest BCUT2D eigenvalue weighted by molar-refractivity contribution is 7.99. The van der Waals surface area contributed by atoms with E-state index in [4.69, 9.17) is 0 Å². The van der Waals surface area contributed by atoms with Crippen molar-refractivity contribution in [2.45, 2.75) is 329 Å². The Bertz CT molecular complexity index is 892. The van der Waals surface area contributed by atoms with Gasteiger partial charge in [0.05, 0.1) is 6.54 Å². The van der Waals surface area contributed by atoms with Gasteiger partial charge >= 0.3 is 0 Å². The molecule has 1 aromatic rings. The molecule has 2 nitrogen and oxygen atoms in total. The van der Waals surface area contributed by atoms with Crippen molar-refractivity contribution in [3.05, 3.63) is 18.7 Å². The summed E-state index contributed by atoms with van der Waals surface area (Å²) in [7, 11) is 0. The molecule has 0 spiro atoms. The van der Waals surface area contributed by atoms with Gasteiger partial charge in [0.2, 0.25) is 6.33 Å². The maximum Gasteiger partial charge on any atom is 0.241 e. The fraction of sp³-hybridized carbons (Fsp3) is 0.948. The molecule has 0 fully saturated rings. The van der Waals surface area contributed by atoms with E-state index in [1.165, 1.54) is 288 Å². The number of nitrogens with zero attached hydrogens (tertiary/aromatic N) is 1. The summed E-state index contributed by atoms with van der Waals surface area (Å²) in [5.74, 6) is 4.04. The average Bonchev–Trinajstić information content (AvgIpc) is 3.78. The molecule has 1 N–H and O–H groups in total. The summed E-state index contributed by atoms with van der Waals surface area (Å²) >= 11 is 2.32. The molecule has 0 aromatic carbocycles. The van der Waals surface area contributed by atoms with Crippen molar-refractivity contribution in [2.75, 3.05) is 5.75 Å². The minimum absolute atomic E-state index is 0.852. The largest absolute Gasteiger partial charge is 0.250 e. The quantitative estimate of drug-likeness (QED) is 0.0511. The topological polar surface area (TPSA) is 19.7 Å². The van der Waals surface area contributed by atoms with Crippen LogP contribution in [0.1, 0.15) is 317 Å². The highest BCUT2D eigenvalue weighted by Crippen LogP contribution is 2.29. The minimum atomic E-state index is 0.852. The van der Waals surface area contributed by atoms with E-state index in [1.54, 1.807) is 0 Å². The van der Waals surface area contributed by atoms with E-state index in [2.05, 4.69) is 68.5 Å². The number of hydrogen-bond acceptors (Lipinski definition) is 1. The molecule has 0 saturated carbocycles. The third-order valence-corrected chi connectivity index (χ3v) is 15.8. The second-order valence-electron chi connectivity index (χ2n) is 21.0. The average molecular weight is 873 g/mol. The third kappa shape index (κ3) is 43.2. The number of imidazole rings is 1. The summed E-state index contributed by atoms with van der Waals surface area (Å²) in [5, 5.41) is 0.864. The lowest BCUT2D eigenvalue weighted by Crippen LogP contribution is -2.30. The van der Waals surface area contributed by atoms with Crippen molar-refractivity contribution in [2.24, 2.45) is 17.8 Å². The van der Waals surface area contributed by atoms with Crippen LogP contribution in [-0.4, -0.2) is 16.0 Å². The smallest absolute Gasteiger partial charge is 0.241 e. The Hall–Kier alpha value is -0.440. The Kier molecular flexibility index (Phi) is 45.6. The van der Waals surface area contributed by atoms with Crippen LogP contribution in [-0.2, 0) is 6.54 Å². The highest BCUT2D eigenvalue weighted by Gasteiger charge is 2.14. The molecule has 1 aromatic heterocycles. The number of aromatic nitrogens is 2. The number of aryl methyl sites for hydroxylation is 1. The van der Waals surface area contributed by atoms with E-state index in [9.17, 15) is 0 Å². The second-order valence-corrected chi connectivity index (χ2v) is 22.4. The van der Waals surface area contributed by atoms with Crippen molar-refractivity contribution in [3.63, 3.8) is 0 Å². The van der Waals surface area contributed by atoms with Crippen LogP contribution in [0.3, 0.4) is 0 Å². The maximum absolute atomic E-state index is 3.21. The zero-order chi connectivity index (χ0) is 43.9. The highest BCUT2D eigenvalue weighted by atomic mass is 32.2. The molecule has 0 amide bonds. The molecular formula is C58H115N2S+. The standard InChI is InChI=1S/C58H114N2S/c1-6-8-10-12-14-16-18-20-22-24-26-28-30-32-34-36-44-57(45-37-35-33-31-29-27-25-23-21-19-17-15-13-11-9-7-2)46-38-39-47-58(49-48-56(5)43-40-42-55(3)4)61-53-41-51-60-52-50-59-54-60/h50,52,54-58H,6-49,51,53H2,1-5H3/p+1. The fourth-order valence-electron chi connectivity index (χ4n) is 9.96. The number of aromatic amines is 1. The van der Waals surface area contributed by atoms with Crippen LogP contribution >= 0.6 is 11.8 Å². The van der Waals surface area contributed by atoms with Crippen LogP contribution in [0.4, 0.5) is 0 Å². The number of unbranched alkanes of at least 4 members (excludes halogenated alkanes) is 31. The molecular weight excluding hydrogens is 757 g/mol. The first kappa shape index (κ1) is 58.6. The first-order valence-corrected chi connectivity index (χ1v) is 29.7. The second kappa shape index (κ2) is 47.5. The van der Waals surface area contributed by atoms with Crippen molar-refractivity contribution in [1.29, 1.82) is 0 Å². The first-order chi connectivity index (χ1) is 30.0. The van der Waals surface area contributed by atoms with Crippen LogP contribution in [0.25, 0.3) is 0 Å². The molecule has 0 bridgehead atoms. The van der Waals surface area contributed by atoms with Gasteiger partial charge in [0.25, 0.3) is 0 Å². The molecule has 2 atom stereocenters. The van der Waals surface area contributed by atoms with E-state index in [1.807, 2.05) is 6.20 Å². The molecule has 0 saturated heterocycles. The van der Waals surface area contributed by atoms with Crippen LogP contribution in [0.15, 0.2) is 18.7 Å². The predicted octanol–water partition coefficient (Wildman–Crippen LogP) is 20.5. The normalized spacial score (nSPS) is 13.0. The molecule has 1 heterocycles.